The van der Waals surface area contributed by atoms with Crippen LogP contribution in [0.4, 0.5) is 11.6 Å². The Balaban J connectivity index is 2.96. The lowest BCUT2D eigenvalue weighted by Crippen LogP contribution is -2.38. The molecule has 0 aliphatic rings. The average molecular weight is 326 g/mol. The summed E-state index contributed by atoms with van der Waals surface area (Å²) in [7, 11) is -1.50. The van der Waals surface area contributed by atoms with Crippen LogP contribution in [0.5, 0.6) is 0 Å². The molecule has 0 fully saturated rings. The van der Waals surface area contributed by atoms with Crippen LogP contribution in [-0.2, 0) is 9.84 Å². The van der Waals surface area contributed by atoms with E-state index in [1.54, 1.807) is 27.0 Å². The number of halogens is 2. The highest BCUT2D eigenvalue weighted by Gasteiger charge is 2.30. The highest BCUT2D eigenvalue weighted by molar-refractivity contribution is 7.92. The summed E-state index contributed by atoms with van der Waals surface area (Å²) in [6.07, 6.45) is 1.20. The molecule has 5 nitrogen and oxygen atoms in total. The van der Waals surface area contributed by atoms with Crippen molar-refractivity contribution in [3.63, 3.8) is 0 Å². The molecule has 1 aromatic heterocycles. The SMILES string of the molecule is CNc1nc(NCC(C)(C)S(C)(=O)=O)c(Cl)cc1Cl. The summed E-state index contributed by atoms with van der Waals surface area (Å²) in [4.78, 5) is 4.19. The largest absolute Gasteiger partial charge is 0.372 e. The van der Waals surface area contributed by atoms with Crippen molar-refractivity contribution in [2.45, 2.75) is 18.6 Å². The number of nitrogens with one attached hydrogen (secondary N) is 2. The summed E-state index contributed by atoms with van der Waals surface area (Å²) in [6.45, 7) is 3.47. The van der Waals surface area contributed by atoms with E-state index >= 15 is 0 Å². The average Bonchev–Trinajstić information content (AvgIpc) is 2.26. The van der Waals surface area contributed by atoms with Gasteiger partial charge in [-0.05, 0) is 19.9 Å². The number of rotatable bonds is 5. The first-order valence-corrected chi connectivity index (χ1v) is 8.20. The first-order chi connectivity index (χ1) is 8.58. The second-order valence-corrected chi connectivity index (χ2v) is 8.25. The van der Waals surface area contributed by atoms with Gasteiger partial charge in [0.1, 0.15) is 11.6 Å². The van der Waals surface area contributed by atoms with Gasteiger partial charge in [0.15, 0.2) is 9.84 Å². The van der Waals surface area contributed by atoms with E-state index in [2.05, 4.69) is 15.6 Å². The maximum absolute atomic E-state index is 11.6. The van der Waals surface area contributed by atoms with Gasteiger partial charge in [-0.2, -0.15) is 0 Å². The number of pyridine rings is 1. The number of aromatic nitrogens is 1. The van der Waals surface area contributed by atoms with Crippen LogP contribution in [-0.4, -0.2) is 38.0 Å². The molecule has 0 aromatic carbocycles. The third-order valence-corrected chi connectivity index (χ3v) is 5.58. The summed E-state index contributed by atoms with van der Waals surface area (Å²) in [5.74, 6) is 0.873. The van der Waals surface area contributed by atoms with Crippen LogP contribution < -0.4 is 10.6 Å². The molecule has 1 aromatic rings. The van der Waals surface area contributed by atoms with Gasteiger partial charge in [0.2, 0.25) is 0 Å². The molecule has 8 heteroatoms. The van der Waals surface area contributed by atoms with E-state index in [1.807, 2.05) is 0 Å². The molecule has 108 valence electrons. The Morgan fingerprint density at radius 1 is 1.26 bits per heavy atom. The summed E-state index contributed by atoms with van der Waals surface area (Å²) in [6, 6.07) is 1.55. The molecule has 0 aliphatic heterocycles. The molecule has 0 radical (unpaired) electrons. The second-order valence-electron chi connectivity index (χ2n) is 4.78. The maximum Gasteiger partial charge on any atom is 0.154 e. The topological polar surface area (TPSA) is 71.1 Å². The van der Waals surface area contributed by atoms with Crippen LogP contribution in [0.3, 0.4) is 0 Å². The van der Waals surface area contributed by atoms with Crippen molar-refractivity contribution in [2.24, 2.45) is 0 Å². The molecule has 1 rings (SSSR count). The molecule has 1 heterocycles. The van der Waals surface area contributed by atoms with Crippen LogP contribution in [0.1, 0.15) is 13.8 Å². The first-order valence-electron chi connectivity index (χ1n) is 5.56. The smallest absolute Gasteiger partial charge is 0.154 e. The van der Waals surface area contributed by atoms with Gasteiger partial charge in [-0.15, -0.1) is 0 Å². The fourth-order valence-corrected chi connectivity index (χ4v) is 2.05. The minimum Gasteiger partial charge on any atom is -0.372 e. The Morgan fingerprint density at radius 2 is 1.79 bits per heavy atom. The van der Waals surface area contributed by atoms with E-state index in [4.69, 9.17) is 23.2 Å². The van der Waals surface area contributed by atoms with Crippen molar-refractivity contribution in [1.29, 1.82) is 0 Å². The summed E-state index contributed by atoms with van der Waals surface area (Å²) < 4.78 is 22.3. The van der Waals surface area contributed by atoms with Gasteiger partial charge in [-0.1, -0.05) is 23.2 Å². The first kappa shape index (κ1) is 16.3. The van der Waals surface area contributed by atoms with E-state index in [9.17, 15) is 8.42 Å². The molecular formula is C11H17Cl2N3O2S. The molecule has 0 atom stereocenters. The molecule has 0 spiro atoms. The van der Waals surface area contributed by atoms with Crippen molar-refractivity contribution in [2.75, 3.05) is 30.5 Å². The molecule has 2 N–H and O–H groups in total. The lowest BCUT2D eigenvalue weighted by Gasteiger charge is -2.23. The van der Waals surface area contributed by atoms with Gasteiger partial charge >= 0.3 is 0 Å². The van der Waals surface area contributed by atoms with Gasteiger partial charge in [0.25, 0.3) is 0 Å². The van der Waals surface area contributed by atoms with E-state index in [1.165, 1.54) is 6.26 Å². The number of anilines is 2. The standard InChI is InChI=1S/C11H17Cl2N3O2S/c1-11(2,19(4,17)18)6-15-10-8(13)5-7(12)9(14-3)16-10/h5H,6H2,1-4H3,(H2,14,15,16). The lowest BCUT2D eigenvalue weighted by molar-refractivity contribution is 0.559. The Bertz CT molecular complexity index is 574. The minimum absolute atomic E-state index is 0.198. The van der Waals surface area contributed by atoms with Crippen LogP contribution in [0.15, 0.2) is 6.07 Å². The highest BCUT2D eigenvalue weighted by Crippen LogP contribution is 2.29. The Hall–Kier alpha value is -0.720. The third kappa shape index (κ3) is 3.87. The molecule has 19 heavy (non-hydrogen) atoms. The maximum atomic E-state index is 11.6. The zero-order valence-corrected chi connectivity index (χ0v) is 13.5. The van der Waals surface area contributed by atoms with E-state index in [0.717, 1.165) is 0 Å². The zero-order valence-electron chi connectivity index (χ0n) is 11.2. The predicted molar refractivity (Wildman–Crippen MR) is 81.2 cm³/mol. The Labute approximate surface area is 123 Å². The van der Waals surface area contributed by atoms with Crippen LogP contribution in [0.25, 0.3) is 0 Å². The molecule has 0 saturated carbocycles. The van der Waals surface area contributed by atoms with E-state index in [0.29, 0.717) is 21.7 Å². The fourth-order valence-electron chi connectivity index (χ4n) is 1.19. The van der Waals surface area contributed by atoms with E-state index in [-0.39, 0.29) is 6.54 Å². The zero-order chi connectivity index (χ0) is 14.8. The third-order valence-electron chi connectivity index (χ3n) is 2.85. The van der Waals surface area contributed by atoms with Crippen molar-refractivity contribution in [3.05, 3.63) is 16.1 Å². The van der Waals surface area contributed by atoms with Gasteiger partial charge in [0.05, 0.1) is 14.8 Å². The van der Waals surface area contributed by atoms with Crippen molar-refractivity contribution >= 4 is 44.7 Å². The Morgan fingerprint density at radius 3 is 2.26 bits per heavy atom. The van der Waals surface area contributed by atoms with Crippen molar-refractivity contribution in [1.82, 2.24) is 4.98 Å². The predicted octanol–water partition coefficient (Wildman–Crippen LogP) is 2.67. The molecule has 0 aliphatic carbocycles. The molecule has 0 saturated heterocycles. The van der Waals surface area contributed by atoms with Gasteiger partial charge < -0.3 is 10.6 Å². The number of nitrogens with zero attached hydrogens (tertiary/aromatic N) is 1. The molecular weight excluding hydrogens is 309 g/mol. The van der Waals surface area contributed by atoms with Crippen LogP contribution >= 0.6 is 23.2 Å². The van der Waals surface area contributed by atoms with Gasteiger partial charge in [-0.3, -0.25) is 0 Å². The number of sulfone groups is 1. The minimum atomic E-state index is -3.18. The monoisotopic (exact) mass is 325 g/mol. The normalized spacial score (nSPS) is 12.3. The second kappa shape index (κ2) is 5.73. The molecule has 0 amide bonds. The van der Waals surface area contributed by atoms with Gasteiger partial charge in [0, 0.05) is 19.8 Å². The number of hydrogen-bond donors (Lipinski definition) is 2. The number of hydrogen-bond acceptors (Lipinski definition) is 5. The van der Waals surface area contributed by atoms with E-state index < -0.39 is 14.6 Å². The van der Waals surface area contributed by atoms with Crippen LogP contribution in [0.2, 0.25) is 10.0 Å². The highest BCUT2D eigenvalue weighted by atomic mass is 35.5. The fraction of sp³-hybridized carbons (Fsp3) is 0.545. The molecule has 0 bridgehead atoms. The van der Waals surface area contributed by atoms with Crippen LogP contribution in [0, 0.1) is 0 Å². The Kier molecular flexibility index (Phi) is 4.92. The summed E-state index contributed by atoms with van der Waals surface area (Å²) >= 11 is 11.9. The summed E-state index contributed by atoms with van der Waals surface area (Å²) in [5, 5.41) is 6.52. The lowest BCUT2D eigenvalue weighted by atomic mass is 10.2. The van der Waals surface area contributed by atoms with Crippen molar-refractivity contribution < 1.29 is 8.42 Å². The van der Waals surface area contributed by atoms with Gasteiger partial charge in [-0.25, -0.2) is 13.4 Å². The quantitative estimate of drug-likeness (QED) is 0.870. The summed E-state index contributed by atoms with van der Waals surface area (Å²) in [5.41, 5.74) is 0. The van der Waals surface area contributed by atoms with Crippen molar-refractivity contribution in [3.8, 4) is 0 Å². The molecule has 0 unspecified atom stereocenters.